The lowest BCUT2D eigenvalue weighted by Crippen LogP contribution is -2.59. The lowest BCUT2D eigenvalue weighted by Gasteiger charge is -2.39. The summed E-state index contributed by atoms with van der Waals surface area (Å²) in [5.74, 6) is 0. The quantitative estimate of drug-likeness (QED) is 0.582. The summed E-state index contributed by atoms with van der Waals surface area (Å²) >= 11 is 0. The molecule has 0 aromatic rings. The molecular formula is C13H23N3O5S. The van der Waals surface area contributed by atoms with Crippen LogP contribution >= 0.6 is 0 Å². The van der Waals surface area contributed by atoms with Crippen LogP contribution < -0.4 is 5.32 Å². The van der Waals surface area contributed by atoms with Crippen LogP contribution in [-0.2, 0) is 19.6 Å². The maximum Gasteiger partial charge on any atom is 0.320 e. The van der Waals surface area contributed by atoms with E-state index in [4.69, 9.17) is 4.74 Å². The van der Waals surface area contributed by atoms with Gasteiger partial charge in [-0.1, -0.05) is 6.42 Å². The number of rotatable bonds is 4. The number of ether oxygens (including phenoxy) is 1. The number of amides is 2. The second-order valence-electron chi connectivity index (χ2n) is 5.85. The van der Waals surface area contributed by atoms with Crippen molar-refractivity contribution in [1.29, 1.82) is 0 Å². The fraction of sp³-hybridized carbons (Fsp3) is 0.846. The summed E-state index contributed by atoms with van der Waals surface area (Å²) in [5, 5.41) is 2.82. The summed E-state index contributed by atoms with van der Waals surface area (Å²) in [5.41, 5.74) is -0.912. The van der Waals surface area contributed by atoms with Crippen LogP contribution in [0.2, 0.25) is 0 Å². The van der Waals surface area contributed by atoms with Gasteiger partial charge in [0.1, 0.15) is 0 Å². The van der Waals surface area contributed by atoms with Crippen LogP contribution in [0.4, 0.5) is 4.79 Å². The third-order valence-corrected chi connectivity index (χ3v) is 5.57. The highest BCUT2D eigenvalue weighted by molar-refractivity contribution is 7.88. The molecule has 2 amide bonds. The minimum atomic E-state index is -3.22. The molecule has 8 nitrogen and oxygen atoms in total. The minimum absolute atomic E-state index is 0.286. The summed E-state index contributed by atoms with van der Waals surface area (Å²) < 4.78 is 29.4. The van der Waals surface area contributed by atoms with E-state index in [1.54, 1.807) is 4.90 Å². The number of piperazine rings is 1. The van der Waals surface area contributed by atoms with Gasteiger partial charge in [0.2, 0.25) is 10.0 Å². The third kappa shape index (κ3) is 4.10. The van der Waals surface area contributed by atoms with Gasteiger partial charge < -0.3 is 9.64 Å². The topological polar surface area (TPSA) is 96.0 Å². The Labute approximate surface area is 130 Å². The van der Waals surface area contributed by atoms with E-state index in [0.717, 1.165) is 25.5 Å². The van der Waals surface area contributed by atoms with E-state index in [2.05, 4.69) is 5.32 Å². The van der Waals surface area contributed by atoms with Crippen LogP contribution in [0, 0.1) is 0 Å². The van der Waals surface area contributed by atoms with Crippen molar-refractivity contribution in [3.05, 3.63) is 0 Å². The maximum atomic E-state index is 12.4. The van der Waals surface area contributed by atoms with Gasteiger partial charge >= 0.3 is 6.03 Å². The normalized spacial score (nSPS) is 22.9. The molecule has 0 unspecified atom stereocenters. The summed E-state index contributed by atoms with van der Waals surface area (Å²) in [4.78, 5) is 24.6. The largest absolute Gasteiger partial charge is 0.441 e. The lowest BCUT2D eigenvalue weighted by molar-refractivity contribution is -0.150. The Kier molecular flexibility index (Phi) is 5.28. The Morgan fingerprint density at radius 2 is 1.73 bits per heavy atom. The van der Waals surface area contributed by atoms with Crippen molar-refractivity contribution < 1.29 is 22.7 Å². The zero-order valence-corrected chi connectivity index (χ0v) is 13.6. The highest BCUT2D eigenvalue weighted by atomic mass is 32.2. The Morgan fingerprint density at radius 3 is 2.23 bits per heavy atom. The van der Waals surface area contributed by atoms with Gasteiger partial charge in [0.25, 0.3) is 6.47 Å². The molecule has 126 valence electrons. The zero-order chi connectivity index (χ0) is 16.2. The first kappa shape index (κ1) is 17.0. The number of nitrogens with one attached hydrogen (secondary N) is 1. The predicted octanol–water partition coefficient (Wildman–Crippen LogP) is 0.107. The van der Waals surface area contributed by atoms with Crippen LogP contribution in [0.15, 0.2) is 0 Å². The van der Waals surface area contributed by atoms with E-state index in [9.17, 15) is 18.0 Å². The first-order valence-electron chi connectivity index (χ1n) is 7.50. The molecule has 1 saturated heterocycles. The van der Waals surface area contributed by atoms with Crippen LogP contribution in [0.5, 0.6) is 0 Å². The van der Waals surface area contributed by atoms with Crippen LogP contribution in [0.25, 0.3) is 0 Å². The Morgan fingerprint density at radius 1 is 1.14 bits per heavy atom. The van der Waals surface area contributed by atoms with Crippen molar-refractivity contribution in [2.24, 2.45) is 0 Å². The van der Waals surface area contributed by atoms with E-state index in [0.29, 0.717) is 32.4 Å². The molecule has 2 aliphatic rings. The Bertz CT molecular complexity index is 508. The van der Waals surface area contributed by atoms with E-state index in [1.807, 2.05) is 0 Å². The van der Waals surface area contributed by atoms with Gasteiger partial charge in [-0.2, -0.15) is 4.31 Å². The van der Waals surface area contributed by atoms with Crippen molar-refractivity contribution in [3.63, 3.8) is 0 Å². The molecule has 1 aliphatic heterocycles. The number of hydrogen-bond donors (Lipinski definition) is 1. The SMILES string of the molecule is CS(=O)(=O)N1CCN(C(=O)NC2(OC=O)CCCCC2)CC1. The van der Waals surface area contributed by atoms with E-state index < -0.39 is 15.7 Å². The first-order valence-corrected chi connectivity index (χ1v) is 9.35. The van der Waals surface area contributed by atoms with Gasteiger partial charge in [-0.05, 0) is 12.8 Å². The number of carbonyl (C=O) groups is 2. The van der Waals surface area contributed by atoms with Crippen LogP contribution in [-0.4, -0.2) is 68.3 Å². The van der Waals surface area contributed by atoms with Crippen molar-refractivity contribution in [1.82, 2.24) is 14.5 Å². The first-order chi connectivity index (χ1) is 10.4. The van der Waals surface area contributed by atoms with Gasteiger partial charge in [0, 0.05) is 39.0 Å². The van der Waals surface area contributed by atoms with E-state index >= 15 is 0 Å². The molecule has 1 N–H and O–H groups in total. The molecule has 1 aliphatic carbocycles. The number of urea groups is 1. The average Bonchev–Trinajstić information content (AvgIpc) is 2.47. The van der Waals surface area contributed by atoms with Crippen LogP contribution in [0.3, 0.4) is 0 Å². The van der Waals surface area contributed by atoms with Crippen LogP contribution in [0.1, 0.15) is 32.1 Å². The molecule has 1 saturated carbocycles. The summed E-state index contributed by atoms with van der Waals surface area (Å²) in [6, 6.07) is -0.308. The fourth-order valence-electron chi connectivity index (χ4n) is 2.98. The molecule has 2 fully saturated rings. The molecule has 0 aromatic heterocycles. The van der Waals surface area contributed by atoms with Crippen molar-refractivity contribution >= 4 is 22.5 Å². The summed E-state index contributed by atoms with van der Waals surface area (Å²) in [7, 11) is -3.22. The number of sulfonamides is 1. The van der Waals surface area contributed by atoms with Gasteiger partial charge in [0.15, 0.2) is 5.72 Å². The van der Waals surface area contributed by atoms with Crippen molar-refractivity contribution in [2.45, 2.75) is 37.8 Å². The molecule has 1 heterocycles. The van der Waals surface area contributed by atoms with Gasteiger partial charge in [-0.3, -0.25) is 10.1 Å². The fourth-order valence-corrected chi connectivity index (χ4v) is 3.81. The van der Waals surface area contributed by atoms with Crippen molar-refractivity contribution in [3.8, 4) is 0 Å². The number of nitrogens with zero attached hydrogens (tertiary/aromatic N) is 2. The van der Waals surface area contributed by atoms with Gasteiger partial charge in [0.05, 0.1) is 6.26 Å². The molecule has 0 atom stereocenters. The Balaban J connectivity index is 1.93. The second-order valence-corrected chi connectivity index (χ2v) is 7.83. The number of hydrogen-bond acceptors (Lipinski definition) is 5. The van der Waals surface area contributed by atoms with Gasteiger partial charge in [-0.15, -0.1) is 0 Å². The second kappa shape index (κ2) is 6.82. The molecule has 0 radical (unpaired) electrons. The minimum Gasteiger partial charge on any atom is -0.441 e. The highest BCUT2D eigenvalue weighted by Gasteiger charge is 2.37. The molecule has 9 heteroatoms. The molecular weight excluding hydrogens is 310 g/mol. The maximum absolute atomic E-state index is 12.4. The zero-order valence-electron chi connectivity index (χ0n) is 12.8. The van der Waals surface area contributed by atoms with E-state index in [-0.39, 0.29) is 19.1 Å². The monoisotopic (exact) mass is 333 g/mol. The molecule has 0 aromatic carbocycles. The van der Waals surface area contributed by atoms with Gasteiger partial charge in [-0.25, -0.2) is 13.2 Å². The smallest absolute Gasteiger partial charge is 0.320 e. The molecule has 2 rings (SSSR count). The summed E-state index contributed by atoms with van der Waals surface area (Å²) in [6.07, 6.45) is 5.25. The predicted molar refractivity (Wildman–Crippen MR) is 79.5 cm³/mol. The third-order valence-electron chi connectivity index (χ3n) is 4.26. The standard InChI is InChI=1S/C13H23N3O5S/c1-22(19,20)16-9-7-15(8-10-16)12(18)14-13(21-11-17)5-3-2-4-6-13/h11H,2-10H2,1H3,(H,14,18). The number of carbonyl (C=O) groups excluding carboxylic acids is 2. The molecule has 0 spiro atoms. The molecule has 0 bridgehead atoms. The highest BCUT2D eigenvalue weighted by Crippen LogP contribution is 2.29. The average molecular weight is 333 g/mol. The van der Waals surface area contributed by atoms with Crippen molar-refractivity contribution in [2.75, 3.05) is 32.4 Å². The lowest BCUT2D eigenvalue weighted by atomic mass is 9.91. The summed E-state index contributed by atoms with van der Waals surface area (Å²) in [6.45, 7) is 1.61. The Hall–Kier alpha value is -1.35. The van der Waals surface area contributed by atoms with E-state index in [1.165, 1.54) is 4.31 Å². The molecule has 22 heavy (non-hydrogen) atoms.